The molecule has 2 unspecified atom stereocenters. The molecule has 1 aliphatic rings. The van der Waals surface area contributed by atoms with Crippen molar-refractivity contribution in [3.8, 4) is 23.1 Å². The normalized spacial score (nSPS) is 19.1. The van der Waals surface area contributed by atoms with E-state index < -0.39 is 39.7 Å². The third kappa shape index (κ3) is 5.17. The number of imidazole rings is 1. The van der Waals surface area contributed by atoms with Gasteiger partial charge in [0.25, 0.3) is 0 Å². The highest BCUT2D eigenvalue weighted by atomic mass is 32.2. The van der Waals surface area contributed by atoms with Crippen molar-refractivity contribution in [1.82, 2.24) is 23.8 Å². The molecule has 1 aliphatic heterocycles. The minimum atomic E-state index is -4.78. The molecule has 190 valence electrons. The lowest BCUT2D eigenvalue weighted by molar-refractivity contribution is -0.137. The molecule has 3 aromatic rings. The van der Waals surface area contributed by atoms with Gasteiger partial charge in [0.15, 0.2) is 0 Å². The average molecular weight is 524 g/mol. The van der Waals surface area contributed by atoms with E-state index in [1.54, 1.807) is 25.1 Å². The molecule has 2 atom stereocenters. The number of sulfonamides is 1. The first-order valence-corrected chi connectivity index (χ1v) is 12.6. The maximum Gasteiger partial charge on any atom is 0.420 e. The molecule has 14 heteroatoms. The molecule has 9 nitrogen and oxygen atoms in total. The van der Waals surface area contributed by atoms with Crippen molar-refractivity contribution in [2.24, 2.45) is 0 Å². The Balaban J connectivity index is 1.66. The Morgan fingerprint density at radius 3 is 2.64 bits per heavy atom. The second kappa shape index (κ2) is 9.47. The van der Waals surface area contributed by atoms with Gasteiger partial charge in [-0.3, -0.25) is 0 Å². The molecule has 0 radical (unpaired) electrons. The van der Waals surface area contributed by atoms with Crippen LogP contribution in [0.1, 0.15) is 23.1 Å². The molecule has 4 rings (SSSR count). The largest absolute Gasteiger partial charge is 0.420 e. The van der Waals surface area contributed by atoms with Crippen LogP contribution in [0.25, 0.3) is 17.1 Å². The summed E-state index contributed by atoms with van der Waals surface area (Å²) in [7, 11) is -3.57. The fourth-order valence-electron chi connectivity index (χ4n) is 3.96. The Bertz CT molecular complexity index is 1430. The monoisotopic (exact) mass is 523 g/mol. The summed E-state index contributed by atoms with van der Waals surface area (Å²) in [6.45, 7) is 1.38. The van der Waals surface area contributed by atoms with Crippen molar-refractivity contribution in [3.63, 3.8) is 0 Å². The number of halogens is 4. The first kappa shape index (κ1) is 25.5. The van der Waals surface area contributed by atoms with Crippen molar-refractivity contribution in [2.45, 2.75) is 31.7 Å². The number of anilines is 1. The van der Waals surface area contributed by atoms with Crippen molar-refractivity contribution < 1.29 is 26.0 Å². The fourth-order valence-corrected chi connectivity index (χ4v) is 4.81. The molecule has 2 aromatic heterocycles. The number of hydrogen-bond acceptors (Lipinski definition) is 7. The molecule has 0 amide bonds. The molecular weight excluding hydrogens is 502 g/mol. The van der Waals surface area contributed by atoms with E-state index in [1.165, 1.54) is 17.1 Å². The van der Waals surface area contributed by atoms with Gasteiger partial charge < -0.3 is 9.88 Å². The molecule has 0 saturated carbocycles. The zero-order valence-electron chi connectivity index (χ0n) is 19.2. The maximum absolute atomic E-state index is 14.7. The quantitative estimate of drug-likeness (QED) is 0.510. The van der Waals surface area contributed by atoms with Crippen LogP contribution in [-0.4, -0.2) is 63.8 Å². The molecule has 1 N–H and O–H groups in total. The van der Waals surface area contributed by atoms with E-state index in [-0.39, 0.29) is 31.2 Å². The van der Waals surface area contributed by atoms with Crippen LogP contribution >= 0.6 is 0 Å². The zero-order valence-corrected chi connectivity index (χ0v) is 20.0. The standard InChI is InChI=1S/C22H21F4N7O2S/c1-13-14(8-27)4-3-5-19(13)32-11-18(29-12-32)20-15(22(24,25)26)9-28-21(31-20)30-17-6-7-33(10-16(17)23)36(2,34)35/h3-5,9,11-12,16-17H,6-7,10H2,1-2H3,(H,28,30,31). The van der Waals surface area contributed by atoms with Crippen molar-refractivity contribution in [2.75, 3.05) is 24.7 Å². The van der Waals surface area contributed by atoms with Gasteiger partial charge in [-0.25, -0.2) is 27.8 Å². The van der Waals surface area contributed by atoms with Gasteiger partial charge in [0.1, 0.15) is 23.1 Å². The lowest BCUT2D eigenvalue weighted by Crippen LogP contribution is -2.49. The number of hydrogen-bond donors (Lipinski definition) is 1. The van der Waals surface area contributed by atoms with Gasteiger partial charge in [-0.1, -0.05) is 6.07 Å². The van der Waals surface area contributed by atoms with Gasteiger partial charge in [-0.15, -0.1) is 0 Å². The van der Waals surface area contributed by atoms with Gasteiger partial charge in [0.2, 0.25) is 16.0 Å². The summed E-state index contributed by atoms with van der Waals surface area (Å²) in [5, 5.41) is 12.0. The molecule has 0 spiro atoms. The summed E-state index contributed by atoms with van der Waals surface area (Å²) >= 11 is 0. The van der Waals surface area contributed by atoms with Gasteiger partial charge in [-0.05, 0) is 31.0 Å². The summed E-state index contributed by atoms with van der Waals surface area (Å²) in [6, 6.07) is 6.14. The molecule has 1 aromatic carbocycles. The average Bonchev–Trinajstić information content (AvgIpc) is 3.29. The predicted octanol–water partition coefficient (Wildman–Crippen LogP) is 3.31. The lowest BCUT2D eigenvalue weighted by atomic mass is 10.1. The minimum Gasteiger partial charge on any atom is -0.348 e. The van der Waals surface area contributed by atoms with Crippen molar-refractivity contribution in [3.05, 3.63) is 53.6 Å². The van der Waals surface area contributed by atoms with Crippen LogP contribution in [0.15, 0.2) is 36.9 Å². The first-order chi connectivity index (χ1) is 16.9. The first-order valence-electron chi connectivity index (χ1n) is 10.7. The Morgan fingerprint density at radius 2 is 2.00 bits per heavy atom. The highest BCUT2D eigenvalue weighted by Gasteiger charge is 2.37. The Hall–Kier alpha value is -3.57. The lowest BCUT2D eigenvalue weighted by Gasteiger charge is -2.33. The van der Waals surface area contributed by atoms with E-state index in [2.05, 4.69) is 26.3 Å². The summed E-state index contributed by atoms with van der Waals surface area (Å²) < 4.78 is 81.7. The number of aromatic nitrogens is 4. The number of nitriles is 1. The fraction of sp³-hybridized carbons (Fsp3) is 0.364. The second-order valence-electron chi connectivity index (χ2n) is 8.36. The van der Waals surface area contributed by atoms with E-state index in [0.717, 1.165) is 10.6 Å². The highest BCUT2D eigenvalue weighted by Crippen LogP contribution is 2.36. The summed E-state index contributed by atoms with van der Waals surface area (Å²) in [5.41, 5.74) is -0.124. The smallest absolute Gasteiger partial charge is 0.348 e. The SMILES string of the molecule is Cc1c(C#N)cccc1-n1cnc(-c2nc(NC3CCN(S(C)(=O)=O)CC3F)ncc2C(F)(F)F)c1. The van der Waals surface area contributed by atoms with Crippen molar-refractivity contribution in [1.29, 1.82) is 5.26 Å². The molecule has 3 heterocycles. The van der Waals surface area contributed by atoms with Gasteiger partial charge in [-0.2, -0.15) is 22.7 Å². The van der Waals surface area contributed by atoms with Gasteiger partial charge in [0, 0.05) is 25.5 Å². The van der Waals surface area contributed by atoms with Crippen LogP contribution < -0.4 is 5.32 Å². The number of rotatable bonds is 5. The van der Waals surface area contributed by atoms with Crippen LogP contribution in [0.2, 0.25) is 0 Å². The highest BCUT2D eigenvalue weighted by molar-refractivity contribution is 7.88. The van der Waals surface area contributed by atoms with Gasteiger partial charge in [0.05, 0.1) is 35.9 Å². The summed E-state index contributed by atoms with van der Waals surface area (Å²) in [4.78, 5) is 11.8. The van der Waals surface area contributed by atoms with E-state index in [9.17, 15) is 31.2 Å². The third-order valence-electron chi connectivity index (χ3n) is 5.91. The number of alkyl halides is 4. The van der Waals surface area contributed by atoms with Crippen LogP contribution in [0.5, 0.6) is 0 Å². The van der Waals surface area contributed by atoms with E-state index in [1.807, 2.05) is 0 Å². The maximum atomic E-state index is 14.7. The molecule has 0 aliphatic carbocycles. The molecule has 0 bridgehead atoms. The number of piperidine rings is 1. The number of nitrogens with one attached hydrogen (secondary N) is 1. The molecule has 1 saturated heterocycles. The predicted molar refractivity (Wildman–Crippen MR) is 122 cm³/mol. The van der Waals surface area contributed by atoms with Crippen LogP contribution in [0.4, 0.5) is 23.5 Å². The Morgan fingerprint density at radius 1 is 1.25 bits per heavy atom. The Kier molecular flexibility index (Phi) is 6.72. The van der Waals surface area contributed by atoms with Crippen LogP contribution in [-0.2, 0) is 16.2 Å². The Labute approximate surface area is 204 Å². The second-order valence-corrected chi connectivity index (χ2v) is 10.3. The van der Waals surface area contributed by atoms with Crippen LogP contribution in [0, 0.1) is 18.3 Å². The molecular formula is C22H21F4N7O2S. The number of benzene rings is 1. The zero-order chi connectivity index (χ0) is 26.3. The minimum absolute atomic E-state index is 0.0515. The third-order valence-corrected chi connectivity index (χ3v) is 7.18. The summed E-state index contributed by atoms with van der Waals surface area (Å²) in [5.74, 6) is -0.240. The van der Waals surface area contributed by atoms with Gasteiger partial charge >= 0.3 is 6.18 Å². The topological polar surface area (TPSA) is 117 Å². The molecule has 1 fully saturated rings. The van der Waals surface area contributed by atoms with Crippen LogP contribution in [0.3, 0.4) is 0 Å². The number of nitrogens with zero attached hydrogens (tertiary/aromatic N) is 6. The summed E-state index contributed by atoms with van der Waals surface area (Å²) in [6.07, 6.45) is -2.06. The van der Waals surface area contributed by atoms with E-state index >= 15 is 0 Å². The van der Waals surface area contributed by atoms with E-state index in [4.69, 9.17) is 0 Å². The molecule has 36 heavy (non-hydrogen) atoms. The van der Waals surface area contributed by atoms with E-state index in [0.29, 0.717) is 23.0 Å². The van der Waals surface area contributed by atoms with Crippen molar-refractivity contribution >= 4 is 16.0 Å².